The van der Waals surface area contributed by atoms with Crippen molar-refractivity contribution in [3.05, 3.63) is 40.1 Å². The van der Waals surface area contributed by atoms with Gasteiger partial charge in [-0.1, -0.05) is 0 Å². The molecular formula is C12H11FN2O4S2. The molecule has 0 aliphatic rings. The van der Waals surface area contributed by atoms with Crippen LogP contribution in [-0.4, -0.2) is 26.5 Å². The standard InChI is InChI=1S/C12H11FN2O4S2/c1-7-6-20-11(12(16)19-2)10(7)15-21(17,18)9-3-8(13)4-14-5-9/h3-6,15H,1-2H3. The van der Waals surface area contributed by atoms with Crippen LogP contribution in [0.3, 0.4) is 0 Å². The highest BCUT2D eigenvalue weighted by molar-refractivity contribution is 7.92. The summed E-state index contributed by atoms with van der Waals surface area (Å²) >= 11 is 1.06. The first kappa shape index (κ1) is 15.4. The van der Waals surface area contributed by atoms with Gasteiger partial charge in [-0.25, -0.2) is 17.6 Å². The fourth-order valence-electron chi connectivity index (χ4n) is 1.55. The van der Waals surface area contributed by atoms with Gasteiger partial charge in [0.2, 0.25) is 0 Å². The Morgan fingerprint density at radius 3 is 2.76 bits per heavy atom. The maximum Gasteiger partial charge on any atom is 0.350 e. The predicted octanol–water partition coefficient (Wildman–Crippen LogP) is 2.18. The molecule has 9 heteroatoms. The van der Waals surface area contributed by atoms with E-state index in [9.17, 15) is 17.6 Å². The molecule has 2 heterocycles. The second-order valence-corrected chi connectivity index (χ2v) is 6.62. The summed E-state index contributed by atoms with van der Waals surface area (Å²) in [6.07, 6.45) is 1.92. The van der Waals surface area contributed by atoms with E-state index >= 15 is 0 Å². The van der Waals surface area contributed by atoms with Gasteiger partial charge in [-0.3, -0.25) is 9.71 Å². The van der Waals surface area contributed by atoms with E-state index in [4.69, 9.17) is 0 Å². The van der Waals surface area contributed by atoms with Crippen molar-refractivity contribution in [3.8, 4) is 0 Å². The van der Waals surface area contributed by atoms with Crippen LogP contribution in [0.2, 0.25) is 0 Å². The SMILES string of the molecule is COC(=O)c1scc(C)c1NS(=O)(=O)c1cncc(F)c1. The number of rotatable bonds is 4. The minimum absolute atomic E-state index is 0.121. The Morgan fingerprint density at radius 1 is 1.43 bits per heavy atom. The van der Waals surface area contributed by atoms with E-state index in [-0.39, 0.29) is 15.5 Å². The lowest BCUT2D eigenvalue weighted by Gasteiger charge is -2.09. The molecule has 0 aliphatic heterocycles. The lowest BCUT2D eigenvalue weighted by molar-refractivity contribution is 0.0607. The maximum atomic E-state index is 13.1. The van der Waals surface area contributed by atoms with Crippen LogP contribution in [0.4, 0.5) is 10.1 Å². The number of sulfonamides is 1. The highest BCUT2D eigenvalue weighted by atomic mass is 32.2. The average Bonchev–Trinajstić information content (AvgIpc) is 2.79. The summed E-state index contributed by atoms with van der Waals surface area (Å²) in [5.41, 5.74) is 0.685. The third kappa shape index (κ3) is 3.19. The Balaban J connectivity index is 2.42. The third-order valence-electron chi connectivity index (χ3n) is 2.57. The second kappa shape index (κ2) is 5.78. The highest BCUT2D eigenvalue weighted by Gasteiger charge is 2.23. The van der Waals surface area contributed by atoms with E-state index in [0.29, 0.717) is 5.56 Å². The number of nitrogens with one attached hydrogen (secondary N) is 1. The van der Waals surface area contributed by atoms with Gasteiger partial charge in [0, 0.05) is 6.20 Å². The summed E-state index contributed by atoms with van der Waals surface area (Å²) in [6.45, 7) is 1.64. The molecule has 2 aromatic rings. The van der Waals surface area contributed by atoms with Crippen molar-refractivity contribution in [1.82, 2.24) is 4.98 Å². The summed E-state index contributed by atoms with van der Waals surface area (Å²) < 4.78 is 44.4. The van der Waals surface area contributed by atoms with Crippen LogP contribution < -0.4 is 4.72 Å². The molecule has 0 aromatic carbocycles. The average molecular weight is 330 g/mol. The zero-order valence-corrected chi connectivity index (χ0v) is 12.7. The van der Waals surface area contributed by atoms with E-state index in [1.54, 1.807) is 12.3 Å². The molecule has 0 amide bonds. The molecule has 1 N–H and O–H groups in total. The number of nitrogens with zero attached hydrogens (tertiary/aromatic N) is 1. The maximum absolute atomic E-state index is 13.1. The van der Waals surface area contributed by atoms with Gasteiger partial charge < -0.3 is 4.74 Å². The van der Waals surface area contributed by atoms with Crippen molar-refractivity contribution in [2.75, 3.05) is 11.8 Å². The molecule has 0 radical (unpaired) electrons. The van der Waals surface area contributed by atoms with Crippen LogP contribution in [0, 0.1) is 12.7 Å². The van der Waals surface area contributed by atoms with Gasteiger partial charge >= 0.3 is 5.97 Å². The highest BCUT2D eigenvalue weighted by Crippen LogP contribution is 2.30. The Kier molecular flexibility index (Phi) is 4.24. The number of aromatic nitrogens is 1. The number of ether oxygens (including phenoxy) is 1. The van der Waals surface area contributed by atoms with Gasteiger partial charge in [-0.05, 0) is 23.9 Å². The largest absolute Gasteiger partial charge is 0.465 e. The third-order valence-corrected chi connectivity index (χ3v) is 4.97. The van der Waals surface area contributed by atoms with Gasteiger partial charge in [0.05, 0.1) is 19.0 Å². The Hall–Kier alpha value is -2.00. The molecule has 0 saturated carbocycles. The zero-order chi connectivity index (χ0) is 15.6. The van der Waals surface area contributed by atoms with E-state index in [1.807, 2.05) is 0 Å². The summed E-state index contributed by atoms with van der Waals surface area (Å²) in [4.78, 5) is 14.9. The van der Waals surface area contributed by atoms with Crippen LogP contribution in [0.15, 0.2) is 28.7 Å². The summed E-state index contributed by atoms with van der Waals surface area (Å²) in [7, 11) is -2.85. The molecular weight excluding hydrogens is 319 g/mol. The van der Waals surface area contributed by atoms with Gasteiger partial charge in [-0.2, -0.15) is 0 Å². The Labute approximate surface area is 124 Å². The van der Waals surface area contributed by atoms with E-state index < -0.39 is 21.8 Å². The van der Waals surface area contributed by atoms with Crippen molar-refractivity contribution in [1.29, 1.82) is 0 Å². The number of aryl methyl sites for hydroxylation is 1. The Bertz CT molecular complexity index is 786. The fraction of sp³-hybridized carbons (Fsp3) is 0.167. The Morgan fingerprint density at radius 2 is 2.14 bits per heavy atom. The molecule has 0 unspecified atom stereocenters. The van der Waals surface area contributed by atoms with Crippen molar-refractivity contribution in [2.24, 2.45) is 0 Å². The molecule has 112 valence electrons. The van der Waals surface area contributed by atoms with Crippen LogP contribution in [0.1, 0.15) is 15.2 Å². The molecule has 0 bridgehead atoms. The van der Waals surface area contributed by atoms with E-state index in [0.717, 1.165) is 29.8 Å². The number of esters is 1. The first-order chi connectivity index (χ1) is 9.85. The van der Waals surface area contributed by atoms with E-state index in [2.05, 4.69) is 14.4 Å². The summed E-state index contributed by atoms with van der Waals surface area (Å²) in [5, 5.41) is 1.62. The molecule has 21 heavy (non-hydrogen) atoms. The molecule has 0 fully saturated rings. The molecule has 0 spiro atoms. The normalized spacial score (nSPS) is 11.2. The molecule has 0 atom stereocenters. The van der Waals surface area contributed by atoms with Crippen molar-refractivity contribution < 1.29 is 22.3 Å². The zero-order valence-electron chi connectivity index (χ0n) is 11.1. The summed E-state index contributed by atoms with van der Waals surface area (Å²) in [5.74, 6) is -1.42. The number of pyridine rings is 1. The number of hydrogen-bond donors (Lipinski definition) is 1. The van der Waals surface area contributed by atoms with Crippen molar-refractivity contribution in [3.63, 3.8) is 0 Å². The van der Waals surface area contributed by atoms with Gasteiger partial charge in [0.15, 0.2) is 0 Å². The fourth-order valence-corrected chi connectivity index (χ4v) is 3.65. The number of carbonyl (C=O) groups excluding carboxylic acids is 1. The number of thiophene rings is 1. The topological polar surface area (TPSA) is 85.4 Å². The first-order valence-electron chi connectivity index (χ1n) is 5.65. The van der Waals surface area contributed by atoms with E-state index in [1.165, 1.54) is 7.11 Å². The molecule has 0 aliphatic carbocycles. The number of carbonyl (C=O) groups is 1. The number of hydrogen-bond acceptors (Lipinski definition) is 6. The van der Waals surface area contributed by atoms with Crippen molar-refractivity contribution >= 4 is 33.0 Å². The number of anilines is 1. The summed E-state index contributed by atoms with van der Waals surface area (Å²) in [6, 6.07) is 0.842. The van der Waals surface area contributed by atoms with Gasteiger partial charge in [-0.15, -0.1) is 11.3 Å². The van der Waals surface area contributed by atoms with Crippen LogP contribution in [0.25, 0.3) is 0 Å². The quantitative estimate of drug-likeness (QED) is 0.869. The lowest BCUT2D eigenvalue weighted by Crippen LogP contribution is -2.16. The molecule has 0 saturated heterocycles. The second-order valence-electron chi connectivity index (χ2n) is 4.06. The first-order valence-corrected chi connectivity index (χ1v) is 8.01. The number of halogens is 1. The number of methoxy groups -OCH3 is 1. The smallest absolute Gasteiger partial charge is 0.350 e. The van der Waals surface area contributed by atoms with Crippen LogP contribution in [0.5, 0.6) is 0 Å². The van der Waals surface area contributed by atoms with Crippen molar-refractivity contribution in [2.45, 2.75) is 11.8 Å². The lowest BCUT2D eigenvalue weighted by atomic mass is 10.3. The van der Waals surface area contributed by atoms with Gasteiger partial charge in [0.1, 0.15) is 15.6 Å². The van der Waals surface area contributed by atoms with Crippen LogP contribution >= 0.6 is 11.3 Å². The minimum Gasteiger partial charge on any atom is -0.465 e. The van der Waals surface area contributed by atoms with Gasteiger partial charge in [0.25, 0.3) is 10.0 Å². The monoisotopic (exact) mass is 330 g/mol. The predicted molar refractivity (Wildman–Crippen MR) is 75.4 cm³/mol. The minimum atomic E-state index is -4.05. The van der Waals surface area contributed by atoms with Crippen LogP contribution in [-0.2, 0) is 14.8 Å². The molecule has 2 aromatic heterocycles. The molecule has 2 rings (SSSR count). The molecule has 6 nitrogen and oxygen atoms in total.